The highest BCUT2D eigenvalue weighted by Crippen LogP contribution is 2.41. The van der Waals surface area contributed by atoms with Crippen LogP contribution in [0, 0.1) is 17.8 Å². The SMILES string of the molecule is O=C(O)C1C2C=C[C@H]1C(=O)C2. The molecule has 2 aliphatic rings. The Bertz CT molecular complexity index is 254. The van der Waals surface area contributed by atoms with Crippen molar-refractivity contribution in [1.29, 1.82) is 0 Å². The third-order valence-corrected chi connectivity index (χ3v) is 2.51. The third kappa shape index (κ3) is 0.737. The third-order valence-electron chi connectivity index (χ3n) is 2.51. The van der Waals surface area contributed by atoms with Gasteiger partial charge in [-0.05, 0) is 5.92 Å². The van der Waals surface area contributed by atoms with Crippen LogP contribution in [0.1, 0.15) is 6.42 Å². The fraction of sp³-hybridized carbons (Fsp3) is 0.500. The number of carboxylic acids is 1. The van der Waals surface area contributed by atoms with Crippen LogP contribution in [0.25, 0.3) is 0 Å². The zero-order valence-corrected chi connectivity index (χ0v) is 5.86. The summed E-state index contributed by atoms with van der Waals surface area (Å²) in [5.41, 5.74) is 0. The molecule has 0 radical (unpaired) electrons. The summed E-state index contributed by atoms with van der Waals surface area (Å²) in [6.45, 7) is 0. The van der Waals surface area contributed by atoms with Crippen LogP contribution in [0.3, 0.4) is 0 Å². The van der Waals surface area contributed by atoms with Gasteiger partial charge in [0, 0.05) is 12.3 Å². The van der Waals surface area contributed by atoms with E-state index in [0.717, 1.165) is 0 Å². The summed E-state index contributed by atoms with van der Waals surface area (Å²) in [4.78, 5) is 21.7. The summed E-state index contributed by atoms with van der Waals surface area (Å²) in [6, 6.07) is 0. The second kappa shape index (κ2) is 1.94. The molecule has 0 spiro atoms. The van der Waals surface area contributed by atoms with E-state index >= 15 is 0 Å². The Morgan fingerprint density at radius 3 is 2.55 bits per heavy atom. The number of allylic oxidation sites excluding steroid dienone is 2. The van der Waals surface area contributed by atoms with Gasteiger partial charge < -0.3 is 5.11 Å². The number of hydrogen-bond acceptors (Lipinski definition) is 2. The van der Waals surface area contributed by atoms with Gasteiger partial charge in [-0.25, -0.2) is 0 Å². The second-order valence-electron chi connectivity index (χ2n) is 3.11. The molecule has 2 bridgehead atoms. The highest BCUT2D eigenvalue weighted by atomic mass is 16.4. The van der Waals surface area contributed by atoms with E-state index in [1.807, 2.05) is 6.08 Å². The van der Waals surface area contributed by atoms with E-state index in [9.17, 15) is 9.59 Å². The average Bonchev–Trinajstić information content (AvgIpc) is 2.41. The topological polar surface area (TPSA) is 54.4 Å². The van der Waals surface area contributed by atoms with E-state index < -0.39 is 11.9 Å². The van der Waals surface area contributed by atoms with Gasteiger partial charge in [0.2, 0.25) is 0 Å². The molecular formula is C8H8O3. The Kier molecular flexibility index (Phi) is 1.16. The van der Waals surface area contributed by atoms with Gasteiger partial charge in [-0.3, -0.25) is 9.59 Å². The molecule has 0 saturated heterocycles. The molecule has 2 rings (SSSR count). The van der Waals surface area contributed by atoms with Crippen molar-refractivity contribution in [3.8, 4) is 0 Å². The number of carbonyl (C=O) groups excluding carboxylic acids is 1. The van der Waals surface area contributed by atoms with Crippen molar-refractivity contribution in [2.75, 3.05) is 0 Å². The molecule has 0 heterocycles. The largest absolute Gasteiger partial charge is 0.481 e. The number of rotatable bonds is 1. The van der Waals surface area contributed by atoms with Crippen LogP contribution in [0.2, 0.25) is 0 Å². The van der Waals surface area contributed by atoms with Crippen LogP contribution < -0.4 is 0 Å². The van der Waals surface area contributed by atoms with Gasteiger partial charge in [-0.15, -0.1) is 0 Å². The van der Waals surface area contributed by atoms with E-state index in [0.29, 0.717) is 6.42 Å². The quantitative estimate of drug-likeness (QED) is 0.555. The number of carboxylic acid groups (broad SMARTS) is 1. The highest BCUT2D eigenvalue weighted by molar-refractivity contribution is 5.93. The lowest BCUT2D eigenvalue weighted by Gasteiger charge is -2.06. The summed E-state index contributed by atoms with van der Waals surface area (Å²) in [5, 5.41) is 8.72. The van der Waals surface area contributed by atoms with E-state index in [-0.39, 0.29) is 17.6 Å². The smallest absolute Gasteiger partial charge is 0.308 e. The van der Waals surface area contributed by atoms with Crippen molar-refractivity contribution < 1.29 is 14.7 Å². The highest BCUT2D eigenvalue weighted by Gasteiger charge is 2.47. The monoisotopic (exact) mass is 152 g/mol. The zero-order chi connectivity index (χ0) is 8.01. The minimum atomic E-state index is -0.837. The lowest BCUT2D eigenvalue weighted by molar-refractivity contribution is -0.143. The minimum absolute atomic E-state index is 0.0231. The fourth-order valence-corrected chi connectivity index (χ4v) is 1.98. The molecule has 1 fully saturated rings. The van der Waals surface area contributed by atoms with Gasteiger partial charge in [0.1, 0.15) is 5.78 Å². The lowest BCUT2D eigenvalue weighted by atomic mass is 9.97. The van der Waals surface area contributed by atoms with Crippen LogP contribution in [0.4, 0.5) is 0 Å². The molecule has 58 valence electrons. The molecule has 3 atom stereocenters. The van der Waals surface area contributed by atoms with Crippen LogP contribution in [0.5, 0.6) is 0 Å². The molecular weight excluding hydrogens is 144 g/mol. The number of carbonyl (C=O) groups is 2. The first-order valence-electron chi connectivity index (χ1n) is 3.64. The number of ketones is 1. The van der Waals surface area contributed by atoms with Crippen molar-refractivity contribution in [2.45, 2.75) is 6.42 Å². The predicted molar refractivity (Wildman–Crippen MR) is 36.9 cm³/mol. The van der Waals surface area contributed by atoms with Crippen LogP contribution in [-0.2, 0) is 9.59 Å². The van der Waals surface area contributed by atoms with Gasteiger partial charge in [-0.1, -0.05) is 12.2 Å². The van der Waals surface area contributed by atoms with Crippen molar-refractivity contribution >= 4 is 11.8 Å². The van der Waals surface area contributed by atoms with Gasteiger partial charge in [0.15, 0.2) is 0 Å². The molecule has 0 aromatic rings. The maximum Gasteiger partial charge on any atom is 0.308 e. The number of aliphatic carboxylic acids is 1. The molecule has 3 heteroatoms. The van der Waals surface area contributed by atoms with Crippen molar-refractivity contribution in [1.82, 2.24) is 0 Å². The average molecular weight is 152 g/mol. The normalized spacial score (nSPS) is 40.0. The van der Waals surface area contributed by atoms with Crippen LogP contribution in [0.15, 0.2) is 12.2 Å². The predicted octanol–water partition coefficient (Wildman–Crippen LogP) is 0.462. The summed E-state index contributed by atoms with van der Waals surface area (Å²) in [7, 11) is 0. The van der Waals surface area contributed by atoms with Crippen LogP contribution in [-0.4, -0.2) is 16.9 Å². The maximum absolute atomic E-state index is 11.0. The number of Topliss-reactive ketones (excluding diaryl/α,β-unsaturated/α-hetero) is 1. The Balaban J connectivity index is 2.31. The van der Waals surface area contributed by atoms with E-state index in [1.165, 1.54) is 0 Å². The minimum Gasteiger partial charge on any atom is -0.481 e. The molecule has 0 amide bonds. The molecule has 0 aliphatic heterocycles. The second-order valence-corrected chi connectivity index (χ2v) is 3.11. The van der Waals surface area contributed by atoms with E-state index in [1.54, 1.807) is 6.08 Å². The standard InChI is InChI=1S/C8H8O3/c9-6-3-4-1-2-5(6)7(4)8(10)11/h1-2,4-5,7H,3H2,(H,10,11)/t4?,5-,7?/m0/s1. The summed E-state index contributed by atoms with van der Waals surface area (Å²) >= 11 is 0. The first-order valence-corrected chi connectivity index (χ1v) is 3.64. The fourth-order valence-electron chi connectivity index (χ4n) is 1.98. The zero-order valence-electron chi connectivity index (χ0n) is 5.86. The first kappa shape index (κ1) is 6.58. The summed E-state index contributed by atoms with van der Waals surface area (Å²) < 4.78 is 0. The van der Waals surface area contributed by atoms with Crippen LogP contribution >= 0.6 is 0 Å². The number of fused-ring (bicyclic) bond motifs is 2. The van der Waals surface area contributed by atoms with Gasteiger partial charge in [0.25, 0.3) is 0 Å². The van der Waals surface area contributed by atoms with E-state index in [2.05, 4.69) is 0 Å². The first-order chi connectivity index (χ1) is 5.20. The van der Waals surface area contributed by atoms with Gasteiger partial charge in [-0.2, -0.15) is 0 Å². The molecule has 1 saturated carbocycles. The Labute approximate surface area is 63.7 Å². The molecule has 0 aromatic carbocycles. The molecule has 0 aromatic heterocycles. The number of hydrogen-bond donors (Lipinski definition) is 1. The molecule has 1 N–H and O–H groups in total. The van der Waals surface area contributed by atoms with E-state index in [4.69, 9.17) is 5.11 Å². The Morgan fingerprint density at radius 1 is 1.55 bits per heavy atom. The summed E-state index contributed by atoms with van der Waals surface area (Å²) in [5.74, 6) is -1.55. The lowest BCUT2D eigenvalue weighted by Crippen LogP contribution is -2.20. The molecule has 2 aliphatic carbocycles. The summed E-state index contributed by atoms with van der Waals surface area (Å²) in [6.07, 6.45) is 4.01. The Morgan fingerprint density at radius 2 is 2.27 bits per heavy atom. The van der Waals surface area contributed by atoms with Crippen molar-refractivity contribution in [2.24, 2.45) is 17.8 Å². The molecule has 2 unspecified atom stereocenters. The van der Waals surface area contributed by atoms with Crippen molar-refractivity contribution in [3.05, 3.63) is 12.2 Å². The molecule has 3 nitrogen and oxygen atoms in total. The maximum atomic E-state index is 11.0. The van der Waals surface area contributed by atoms with Gasteiger partial charge in [0.05, 0.1) is 5.92 Å². The van der Waals surface area contributed by atoms with Crippen molar-refractivity contribution in [3.63, 3.8) is 0 Å². The molecule has 11 heavy (non-hydrogen) atoms. The Hall–Kier alpha value is -1.12. The van der Waals surface area contributed by atoms with Gasteiger partial charge >= 0.3 is 5.97 Å².